The van der Waals surface area contributed by atoms with E-state index in [0.717, 1.165) is 33.2 Å². The van der Waals surface area contributed by atoms with E-state index >= 15 is 0 Å². The van der Waals surface area contributed by atoms with Gasteiger partial charge in [-0.1, -0.05) is 35.6 Å². The van der Waals surface area contributed by atoms with Gasteiger partial charge in [0.2, 0.25) is 5.91 Å². The summed E-state index contributed by atoms with van der Waals surface area (Å²) in [5.41, 5.74) is 9.74. The molecule has 0 radical (unpaired) electrons. The highest BCUT2D eigenvalue weighted by Gasteiger charge is 2.32. The number of carbonyl (C=O) groups is 2. The predicted molar refractivity (Wildman–Crippen MR) is 175 cm³/mol. The first-order valence-corrected chi connectivity index (χ1v) is 15.7. The number of fused-ring (bicyclic) bond motifs is 3. The summed E-state index contributed by atoms with van der Waals surface area (Å²) in [5.74, 6) is 6.14. The van der Waals surface area contributed by atoms with Crippen molar-refractivity contribution < 1.29 is 19.4 Å². The molecule has 0 bridgehead atoms. The number of halogens is 1. The average molecular weight is 645 g/mol. The van der Waals surface area contributed by atoms with Crippen LogP contribution in [0.1, 0.15) is 74.4 Å². The van der Waals surface area contributed by atoms with Gasteiger partial charge in [-0.15, -0.1) is 21.5 Å². The minimum atomic E-state index is -1.06. The van der Waals surface area contributed by atoms with Gasteiger partial charge in [0.1, 0.15) is 22.6 Å². The maximum Gasteiger partial charge on any atom is 0.336 e. The lowest BCUT2D eigenvalue weighted by atomic mass is 9.99. The van der Waals surface area contributed by atoms with E-state index in [1.54, 1.807) is 23.5 Å². The van der Waals surface area contributed by atoms with Gasteiger partial charge in [-0.3, -0.25) is 14.4 Å². The summed E-state index contributed by atoms with van der Waals surface area (Å²) >= 11 is 7.86. The van der Waals surface area contributed by atoms with Crippen LogP contribution in [0, 0.1) is 32.6 Å². The number of aromatic nitrogens is 3. The Labute approximate surface area is 270 Å². The maximum absolute atomic E-state index is 13.2. The third-order valence-electron chi connectivity index (χ3n) is 7.44. The molecule has 4 N–H and O–H groups in total. The van der Waals surface area contributed by atoms with E-state index in [9.17, 15) is 14.7 Å². The molecule has 10 nitrogen and oxygen atoms in total. The van der Waals surface area contributed by atoms with Crippen molar-refractivity contribution in [1.82, 2.24) is 20.1 Å². The number of nitrogens with zero attached hydrogens (tertiary/aromatic N) is 4. The smallest absolute Gasteiger partial charge is 0.336 e. The Kier molecular flexibility index (Phi) is 9.98. The Morgan fingerprint density at radius 3 is 2.64 bits per heavy atom. The number of carboxylic acid groups (broad SMARTS) is 1. The number of rotatable bonds is 10. The first-order chi connectivity index (χ1) is 21.7. The molecule has 0 aliphatic carbocycles. The molecule has 0 spiro atoms. The van der Waals surface area contributed by atoms with Crippen LogP contribution in [0.5, 0.6) is 5.75 Å². The summed E-state index contributed by atoms with van der Waals surface area (Å²) in [6.07, 6.45) is 1.48. The van der Waals surface area contributed by atoms with Crippen molar-refractivity contribution in [3.05, 3.63) is 91.8 Å². The molecule has 1 amide bonds. The minimum absolute atomic E-state index is 0.0959. The van der Waals surface area contributed by atoms with Crippen molar-refractivity contribution in [3.8, 4) is 22.6 Å². The SMILES string of the molecule is Cc1sc2c(c1C)C(c1ccc(Cl)cc1)=N[C@@H](CC(=O)NCCCCOc1ccc(C(=O)O)c(C#CCN)c1)c1nnc(C)n1-2. The fourth-order valence-corrected chi connectivity index (χ4v) is 6.41. The molecule has 0 saturated heterocycles. The zero-order valence-electron chi connectivity index (χ0n) is 25.2. The first-order valence-electron chi connectivity index (χ1n) is 14.5. The summed E-state index contributed by atoms with van der Waals surface area (Å²) in [5, 5.41) is 22.8. The Morgan fingerprint density at radius 1 is 1.13 bits per heavy atom. The quantitative estimate of drug-likeness (QED) is 0.159. The van der Waals surface area contributed by atoms with Gasteiger partial charge in [0.15, 0.2) is 5.82 Å². The maximum atomic E-state index is 13.2. The number of hydrogen-bond donors (Lipinski definition) is 3. The highest BCUT2D eigenvalue weighted by atomic mass is 35.5. The standard InChI is InChI=1S/C33H33ClN6O4S/c1-19-20(2)45-32-29(19)30(22-8-10-24(34)11-9-22)37-27(31-39-38-21(3)40(31)32)18-28(41)36-15-4-5-16-44-25-12-13-26(33(42)43)23(17-25)7-6-14-35/h8-13,17,27H,4-5,14-16,18,35H2,1-3H3,(H,36,41)(H,42,43)/t27-/m0/s1. The monoisotopic (exact) mass is 644 g/mol. The molecular formula is C33H33ClN6O4S. The molecule has 232 valence electrons. The van der Waals surface area contributed by atoms with Crippen LogP contribution >= 0.6 is 22.9 Å². The van der Waals surface area contributed by atoms with E-state index < -0.39 is 12.0 Å². The van der Waals surface area contributed by atoms with Crippen molar-refractivity contribution in [2.45, 2.75) is 46.1 Å². The number of carbonyl (C=O) groups excluding carboxylic acids is 1. The number of benzene rings is 2. The molecule has 0 unspecified atom stereocenters. The van der Waals surface area contributed by atoms with E-state index in [0.29, 0.717) is 48.2 Å². The second kappa shape index (κ2) is 14.1. The van der Waals surface area contributed by atoms with Gasteiger partial charge in [-0.25, -0.2) is 4.79 Å². The van der Waals surface area contributed by atoms with Crippen molar-refractivity contribution >= 4 is 40.5 Å². The Balaban J connectivity index is 1.24. The number of aliphatic imine (C=N–C) groups is 1. The van der Waals surface area contributed by atoms with Crippen LogP contribution in [0.25, 0.3) is 5.00 Å². The van der Waals surface area contributed by atoms with Crippen LogP contribution in [0.15, 0.2) is 47.5 Å². The van der Waals surface area contributed by atoms with E-state index in [-0.39, 0.29) is 24.4 Å². The first kappa shape index (κ1) is 31.9. The number of aromatic carboxylic acids is 1. The summed E-state index contributed by atoms with van der Waals surface area (Å²) in [7, 11) is 0. The van der Waals surface area contributed by atoms with Crippen molar-refractivity contribution in [1.29, 1.82) is 0 Å². The number of nitrogens with one attached hydrogen (secondary N) is 1. The van der Waals surface area contributed by atoms with Gasteiger partial charge in [0, 0.05) is 33.1 Å². The normalized spacial score (nSPS) is 13.5. The van der Waals surface area contributed by atoms with Crippen molar-refractivity contribution in [3.63, 3.8) is 0 Å². The number of thiophene rings is 1. The third kappa shape index (κ3) is 7.09. The number of unbranched alkanes of at least 4 members (excludes halogenated alkanes) is 1. The molecular weight excluding hydrogens is 612 g/mol. The lowest BCUT2D eigenvalue weighted by Gasteiger charge is -2.13. The molecule has 1 atom stereocenters. The number of hydrogen-bond acceptors (Lipinski definition) is 8. The molecule has 4 aromatic rings. The summed E-state index contributed by atoms with van der Waals surface area (Å²) in [6, 6.07) is 11.7. The van der Waals surface area contributed by atoms with Crippen LogP contribution in [0.4, 0.5) is 0 Å². The van der Waals surface area contributed by atoms with Gasteiger partial charge in [0.25, 0.3) is 0 Å². The van der Waals surface area contributed by atoms with E-state index in [1.165, 1.54) is 10.9 Å². The molecule has 5 rings (SSSR count). The van der Waals surface area contributed by atoms with Gasteiger partial charge in [0.05, 0.1) is 30.8 Å². The molecule has 1 aliphatic rings. The lowest BCUT2D eigenvalue weighted by molar-refractivity contribution is -0.121. The molecule has 3 heterocycles. The zero-order valence-corrected chi connectivity index (χ0v) is 26.8. The zero-order chi connectivity index (χ0) is 32.1. The van der Waals surface area contributed by atoms with Gasteiger partial charge in [-0.2, -0.15) is 0 Å². The fourth-order valence-electron chi connectivity index (χ4n) is 5.07. The Bertz CT molecular complexity index is 1830. The van der Waals surface area contributed by atoms with Crippen LogP contribution in [0.3, 0.4) is 0 Å². The molecule has 45 heavy (non-hydrogen) atoms. The van der Waals surface area contributed by atoms with Crippen LogP contribution < -0.4 is 15.8 Å². The molecule has 0 fully saturated rings. The lowest BCUT2D eigenvalue weighted by Crippen LogP contribution is -2.26. The van der Waals surface area contributed by atoms with Gasteiger partial charge >= 0.3 is 5.97 Å². The topological polar surface area (TPSA) is 145 Å². The molecule has 0 saturated carbocycles. The number of amides is 1. The number of ether oxygens (including phenoxy) is 1. The van der Waals surface area contributed by atoms with Gasteiger partial charge < -0.3 is 20.9 Å². The van der Waals surface area contributed by atoms with Crippen LogP contribution in [0.2, 0.25) is 5.02 Å². The molecule has 1 aliphatic heterocycles. The average Bonchev–Trinajstić information content (AvgIpc) is 3.49. The Hall–Kier alpha value is -4.50. The minimum Gasteiger partial charge on any atom is -0.494 e. The number of carboxylic acids is 1. The molecule has 2 aromatic carbocycles. The fraction of sp³-hybridized carbons (Fsp3) is 0.303. The van der Waals surface area contributed by atoms with E-state index in [1.807, 2.05) is 35.8 Å². The highest BCUT2D eigenvalue weighted by Crippen LogP contribution is 2.39. The van der Waals surface area contributed by atoms with Crippen LogP contribution in [-0.2, 0) is 4.79 Å². The second-order valence-corrected chi connectivity index (χ2v) is 12.2. The molecule has 12 heteroatoms. The number of aryl methyl sites for hydroxylation is 2. The molecule has 2 aromatic heterocycles. The second-order valence-electron chi connectivity index (χ2n) is 10.5. The highest BCUT2D eigenvalue weighted by molar-refractivity contribution is 7.15. The summed E-state index contributed by atoms with van der Waals surface area (Å²) < 4.78 is 7.83. The Morgan fingerprint density at radius 2 is 1.91 bits per heavy atom. The van der Waals surface area contributed by atoms with Gasteiger partial charge in [-0.05, 0) is 69.5 Å². The summed E-state index contributed by atoms with van der Waals surface area (Å²) in [4.78, 5) is 30.9. The van der Waals surface area contributed by atoms with E-state index in [4.69, 9.17) is 27.1 Å². The van der Waals surface area contributed by atoms with E-state index in [2.05, 4.69) is 41.2 Å². The largest absolute Gasteiger partial charge is 0.494 e. The van der Waals surface area contributed by atoms with Crippen molar-refractivity contribution in [2.24, 2.45) is 10.7 Å². The third-order valence-corrected chi connectivity index (χ3v) is 8.89. The van der Waals surface area contributed by atoms with Crippen molar-refractivity contribution in [2.75, 3.05) is 19.7 Å². The summed E-state index contributed by atoms with van der Waals surface area (Å²) in [6.45, 7) is 7.07. The predicted octanol–water partition coefficient (Wildman–Crippen LogP) is 5.17. The van der Waals surface area contributed by atoms with Crippen LogP contribution in [-0.4, -0.2) is 57.2 Å². The number of nitrogens with two attached hydrogens (primary N) is 1.